The van der Waals surface area contributed by atoms with Crippen LogP contribution in [0.5, 0.6) is 5.88 Å². The Morgan fingerprint density at radius 2 is 2.16 bits per heavy atom. The van der Waals surface area contributed by atoms with Crippen LogP contribution >= 0.6 is 0 Å². The number of alkyl halides is 3. The SMILES string of the molecule is [2H]C1(N2CC[C@H](Nc3nc(OC)c4c(-c5ccc6ncn(CC(F)F)c6c5)c(F)cn4n3)[C@@H](F)C2)COC1. The zero-order chi connectivity index (χ0) is 26.6. The van der Waals surface area contributed by atoms with Gasteiger partial charge in [0.2, 0.25) is 11.8 Å². The second kappa shape index (κ2) is 9.45. The Morgan fingerprint density at radius 1 is 1.32 bits per heavy atom. The maximum atomic E-state index is 15.3. The van der Waals surface area contributed by atoms with E-state index in [0.717, 1.165) is 6.20 Å². The van der Waals surface area contributed by atoms with Gasteiger partial charge in [-0.25, -0.2) is 27.1 Å². The molecule has 0 bridgehead atoms. The number of likely N-dealkylation sites (tertiary alicyclic amines) is 1. The van der Waals surface area contributed by atoms with Gasteiger partial charge in [0.05, 0.1) is 69.4 Å². The molecule has 2 aliphatic rings. The normalized spacial score (nSPS) is 22.4. The number of rotatable bonds is 7. The van der Waals surface area contributed by atoms with Gasteiger partial charge in [-0.15, -0.1) is 5.10 Å². The molecule has 2 fully saturated rings. The molecule has 0 spiro atoms. The van der Waals surface area contributed by atoms with Crippen molar-refractivity contribution in [2.24, 2.45) is 0 Å². The smallest absolute Gasteiger partial charge is 0.256 e. The van der Waals surface area contributed by atoms with Gasteiger partial charge in [0.1, 0.15) is 11.7 Å². The molecule has 6 rings (SSSR count). The van der Waals surface area contributed by atoms with Crippen LogP contribution in [0, 0.1) is 5.82 Å². The summed E-state index contributed by atoms with van der Waals surface area (Å²) in [6, 6.07) is 3.37. The molecule has 0 radical (unpaired) electrons. The number of piperidine rings is 1. The van der Waals surface area contributed by atoms with Crippen LogP contribution < -0.4 is 10.1 Å². The van der Waals surface area contributed by atoms with E-state index in [0.29, 0.717) is 29.6 Å². The Balaban J connectivity index is 1.31. The van der Waals surface area contributed by atoms with Crippen molar-refractivity contribution in [2.75, 3.05) is 38.7 Å². The highest BCUT2D eigenvalue weighted by Gasteiger charge is 2.36. The number of hydrogen-bond acceptors (Lipinski definition) is 7. The van der Waals surface area contributed by atoms with E-state index in [-0.39, 0.29) is 42.7 Å². The van der Waals surface area contributed by atoms with Gasteiger partial charge in [0, 0.05) is 13.1 Å². The van der Waals surface area contributed by atoms with Crippen molar-refractivity contribution in [2.45, 2.75) is 37.6 Å². The first-order valence-electron chi connectivity index (χ1n) is 12.4. The van der Waals surface area contributed by atoms with Crippen LogP contribution in [0.4, 0.5) is 23.5 Å². The van der Waals surface area contributed by atoms with Crippen LogP contribution in [0.1, 0.15) is 7.79 Å². The molecule has 0 amide bonds. The largest absolute Gasteiger partial charge is 0.479 e. The number of anilines is 1. The molecule has 5 heterocycles. The van der Waals surface area contributed by atoms with Crippen LogP contribution in [-0.2, 0) is 11.3 Å². The molecule has 2 aliphatic heterocycles. The molecule has 9 nitrogen and oxygen atoms in total. The van der Waals surface area contributed by atoms with Crippen LogP contribution in [0.2, 0.25) is 0 Å². The number of methoxy groups -OCH3 is 1. The number of halogens is 4. The average Bonchev–Trinajstić information content (AvgIpc) is 3.42. The Bertz CT molecular complexity index is 1490. The van der Waals surface area contributed by atoms with E-state index in [4.69, 9.17) is 10.8 Å². The topological polar surface area (TPSA) is 81.7 Å². The van der Waals surface area contributed by atoms with Crippen molar-refractivity contribution in [3.63, 3.8) is 0 Å². The highest BCUT2D eigenvalue weighted by atomic mass is 19.3. The fourth-order valence-corrected chi connectivity index (χ4v) is 4.90. The van der Waals surface area contributed by atoms with Gasteiger partial charge in [-0.1, -0.05) is 6.07 Å². The molecule has 13 heteroatoms. The fraction of sp³-hybridized carbons (Fsp3) is 0.458. The minimum Gasteiger partial charge on any atom is -0.479 e. The molecule has 196 valence electrons. The van der Waals surface area contributed by atoms with Gasteiger partial charge in [0.25, 0.3) is 6.43 Å². The van der Waals surface area contributed by atoms with Gasteiger partial charge < -0.3 is 19.4 Å². The zero-order valence-corrected chi connectivity index (χ0v) is 19.9. The Labute approximate surface area is 210 Å². The molecule has 37 heavy (non-hydrogen) atoms. The van der Waals surface area contributed by atoms with E-state index in [9.17, 15) is 8.78 Å². The van der Waals surface area contributed by atoms with Gasteiger partial charge in [-0.05, 0) is 24.1 Å². The molecule has 4 aromatic rings. The van der Waals surface area contributed by atoms with Crippen molar-refractivity contribution in [1.29, 1.82) is 0 Å². The second-order valence-electron chi connectivity index (χ2n) is 9.14. The third kappa shape index (κ3) is 4.35. The van der Waals surface area contributed by atoms with Gasteiger partial charge in [-0.3, -0.25) is 4.90 Å². The van der Waals surface area contributed by atoms with Crippen LogP contribution in [0.25, 0.3) is 27.7 Å². The summed E-state index contributed by atoms with van der Waals surface area (Å²) in [6.07, 6.45) is -0.944. The average molecular weight is 521 g/mol. The first-order chi connectivity index (χ1) is 18.3. The van der Waals surface area contributed by atoms with E-state index in [2.05, 4.69) is 20.4 Å². The summed E-state index contributed by atoms with van der Waals surface area (Å²) in [5.74, 6) is -0.489. The molecular formula is C24H25F4N7O2. The quantitative estimate of drug-likeness (QED) is 0.374. The number of nitrogens with zero attached hydrogens (tertiary/aromatic N) is 6. The summed E-state index contributed by atoms with van der Waals surface area (Å²) in [6.45, 7) is 0.579. The summed E-state index contributed by atoms with van der Waals surface area (Å²) < 4.78 is 77.8. The number of ether oxygens (including phenoxy) is 2. The number of hydrogen-bond donors (Lipinski definition) is 1. The molecule has 2 saturated heterocycles. The van der Waals surface area contributed by atoms with E-state index >= 15 is 8.78 Å². The van der Waals surface area contributed by atoms with E-state index in [1.807, 2.05) is 0 Å². The standard InChI is InChI=1S/C24H25F4N7O2/c1-36-23-22-21(13-2-3-18-19(6-13)34(12-29-18)9-20(27)28)16(26)8-35(22)32-24(31-23)30-17-4-5-33(7-15(17)25)14-10-37-11-14/h2-3,6,8,12,14-15,17,20H,4-5,7,9-11H2,1H3,(H,30,32)/t15-,17-/m0/s1/i14D. The number of imidazole rings is 1. The molecular weight excluding hydrogens is 494 g/mol. The Morgan fingerprint density at radius 3 is 2.86 bits per heavy atom. The van der Waals surface area contributed by atoms with Crippen molar-refractivity contribution < 1.29 is 28.4 Å². The van der Waals surface area contributed by atoms with E-state index < -0.39 is 37.0 Å². The number of benzene rings is 1. The van der Waals surface area contributed by atoms with Crippen LogP contribution in [0.3, 0.4) is 0 Å². The maximum Gasteiger partial charge on any atom is 0.256 e. The van der Waals surface area contributed by atoms with Crippen molar-refractivity contribution in [1.82, 2.24) is 29.0 Å². The molecule has 2 atom stereocenters. The maximum absolute atomic E-state index is 15.3. The van der Waals surface area contributed by atoms with Crippen molar-refractivity contribution >= 4 is 22.5 Å². The van der Waals surface area contributed by atoms with Gasteiger partial charge in [-0.2, -0.15) is 4.98 Å². The third-order valence-electron chi connectivity index (χ3n) is 6.83. The number of aromatic nitrogens is 5. The highest BCUT2D eigenvalue weighted by molar-refractivity contribution is 5.90. The first kappa shape index (κ1) is 22.7. The third-order valence-corrected chi connectivity index (χ3v) is 6.83. The van der Waals surface area contributed by atoms with Gasteiger partial charge >= 0.3 is 0 Å². The van der Waals surface area contributed by atoms with Crippen molar-refractivity contribution in [3.8, 4) is 17.0 Å². The van der Waals surface area contributed by atoms with E-state index in [1.54, 1.807) is 23.1 Å². The predicted molar refractivity (Wildman–Crippen MR) is 127 cm³/mol. The number of nitrogens with one attached hydrogen (secondary N) is 1. The molecule has 1 aromatic carbocycles. The summed E-state index contributed by atoms with van der Waals surface area (Å²) >= 11 is 0. The fourth-order valence-electron chi connectivity index (χ4n) is 4.90. The van der Waals surface area contributed by atoms with Crippen LogP contribution in [-0.4, -0.2) is 87.1 Å². The summed E-state index contributed by atoms with van der Waals surface area (Å²) in [7, 11) is 1.38. The Kier molecular flexibility index (Phi) is 5.80. The number of fused-ring (bicyclic) bond motifs is 2. The molecule has 0 unspecified atom stereocenters. The monoisotopic (exact) mass is 520 g/mol. The second-order valence-corrected chi connectivity index (χ2v) is 9.14. The highest BCUT2D eigenvalue weighted by Crippen LogP contribution is 2.35. The lowest BCUT2D eigenvalue weighted by Gasteiger charge is -2.42. The molecule has 1 N–H and O–H groups in total. The first-order valence-corrected chi connectivity index (χ1v) is 11.9. The summed E-state index contributed by atoms with van der Waals surface area (Å²) in [5, 5.41) is 7.34. The summed E-state index contributed by atoms with van der Waals surface area (Å²) in [4.78, 5) is 10.3. The molecule has 3 aromatic heterocycles. The lowest BCUT2D eigenvalue weighted by Crippen LogP contribution is -2.57. The lowest BCUT2D eigenvalue weighted by molar-refractivity contribution is -0.0794. The van der Waals surface area contributed by atoms with Gasteiger partial charge in [0.15, 0.2) is 5.82 Å². The van der Waals surface area contributed by atoms with E-state index in [1.165, 1.54) is 22.5 Å². The molecule has 0 saturated carbocycles. The zero-order valence-electron chi connectivity index (χ0n) is 20.9. The predicted octanol–water partition coefficient (Wildman–Crippen LogP) is 3.38. The Hall–Kier alpha value is -3.45. The summed E-state index contributed by atoms with van der Waals surface area (Å²) in [5.41, 5.74) is 1.73. The van der Waals surface area contributed by atoms with Crippen LogP contribution in [0.15, 0.2) is 30.7 Å². The minimum atomic E-state index is -2.57. The molecule has 0 aliphatic carbocycles. The lowest BCUT2D eigenvalue weighted by atomic mass is 10.0. The minimum absolute atomic E-state index is 0.0622. The van der Waals surface area contributed by atoms with Crippen molar-refractivity contribution in [3.05, 3.63) is 36.5 Å².